The number of rotatable bonds is 5. The second-order valence-electron chi connectivity index (χ2n) is 5.96. The highest BCUT2D eigenvalue weighted by Gasteiger charge is 2.20. The fourth-order valence-electron chi connectivity index (χ4n) is 2.43. The van der Waals surface area contributed by atoms with Crippen LogP contribution in [0.5, 0.6) is 0 Å². The molecule has 150 valence electrons. The number of benzene rings is 2. The number of carbonyl (C=O) groups is 2. The summed E-state index contributed by atoms with van der Waals surface area (Å²) in [6, 6.07) is 10.3. The summed E-state index contributed by atoms with van der Waals surface area (Å²) in [5.41, 5.74) is 0.549. The van der Waals surface area contributed by atoms with E-state index in [-0.39, 0.29) is 31.9 Å². The minimum Gasteiger partial charge on any atom is -0.321 e. The van der Waals surface area contributed by atoms with Gasteiger partial charge >= 0.3 is 0 Å². The number of nitrogens with zero attached hydrogens (tertiary/aromatic N) is 1. The first-order chi connectivity index (χ1) is 13.7. The van der Waals surface area contributed by atoms with Crippen LogP contribution in [0.3, 0.4) is 0 Å². The number of anilines is 2. The molecule has 0 saturated heterocycles. The third kappa shape index (κ3) is 4.76. The Balaban J connectivity index is 1.77. The van der Waals surface area contributed by atoms with E-state index in [1.165, 1.54) is 42.6 Å². The molecule has 0 saturated carbocycles. The van der Waals surface area contributed by atoms with Gasteiger partial charge in [-0.1, -0.05) is 29.3 Å². The predicted molar refractivity (Wildman–Crippen MR) is 111 cm³/mol. The Labute approximate surface area is 176 Å². The summed E-state index contributed by atoms with van der Waals surface area (Å²) in [6.45, 7) is 0. The van der Waals surface area contributed by atoms with E-state index >= 15 is 0 Å². The molecule has 0 radical (unpaired) electrons. The van der Waals surface area contributed by atoms with Crippen molar-refractivity contribution in [3.05, 3.63) is 70.0 Å². The van der Waals surface area contributed by atoms with E-state index in [1.807, 2.05) is 0 Å². The Morgan fingerprint density at radius 1 is 0.966 bits per heavy atom. The molecule has 0 aliphatic heterocycles. The zero-order valence-electron chi connectivity index (χ0n) is 14.9. The topological polar surface area (TPSA) is 121 Å². The highest BCUT2D eigenvalue weighted by atomic mass is 35.5. The number of hydrogen-bond acceptors (Lipinski definition) is 5. The molecule has 1 aromatic heterocycles. The number of H-pyrrole nitrogens is 1. The summed E-state index contributed by atoms with van der Waals surface area (Å²) in [6.07, 6.45) is 2.36. The van der Waals surface area contributed by atoms with E-state index < -0.39 is 21.7 Å². The second kappa shape index (κ2) is 8.24. The summed E-state index contributed by atoms with van der Waals surface area (Å²) in [5, 5.41) is 11.7. The molecule has 1 heterocycles. The Morgan fingerprint density at radius 3 is 2.17 bits per heavy atom. The number of amides is 2. The monoisotopic (exact) mass is 452 g/mol. The Bertz CT molecular complexity index is 1170. The molecule has 2 aromatic carbocycles. The van der Waals surface area contributed by atoms with Gasteiger partial charge < -0.3 is 10.6 Å². The smallest absolute Gasteiger partial charge is 0.275 e. The Kier molecular flexibility index (Phi) is 5.92. The minimum absolute atomic E-state index is 0.00582. The van der Waals surface area contributed by atoms with Crippen molar-refractivity contribution in [1.29, 1.82) is 0 Å². The zero-order valence-corrected chi connectivity index (χ0v) is 17.2. The van der Waals surface area contributed by atoms with E-state index in [2.05, 4.69) is 20.8 Å². The van der Waals surface area contributed by atoms with Crippen molar-refractivity contribution in [2.45, 2.75) is 4.90 Å². The lowest BCUT2D eigenvalue weighted by molar-refractivity contribution is 0.102. The van der Waals surface area contributed by atoms with Crippen LogP contribution in [0.25, 0.3) is 0 Å². The second-order valence-corrected chi connectivity index (χ2v) is 8.79. The molecule has 3 rings (SSSR count). The Hall–Kier alpha value is -2.88. The lowest BCUT2D eigenvalue weighted by Gasteiger charge is -2.09. The van der Waals surface area contributed by atoms with Gasteiger partial charge in [-0.25, -0.2) is 8.42 Å². The van der Waals surface area contributed by atoms with Crippen molar-refractivity contribution < 1.29 is 18.0 Å². The molecule has 8 nitrogen and oxygen atoms in total. The van der Waals surface area contributed by atoms with E-state index in [1.54, 1.807) is 6.07 Å². The van der Waals surface area contributed by atoms with Gasteiger partial charge in [0.05, 0.1) is 32.4 Å². The maximum Gasteiger partial charge on any atom is 0.275 e. The maximum atomic E-state index is 12.5. The number of hydrogen-bond donors (Lipinski definition) is 3. The van der Waals surface area contributed by atoms with Crippen molar-refractivity contribution in [2.24, 2.45) is 0 Å². The highest BCUT2D eigenvalue weighted by molar-refractivity contribution is 7.90. The molecule has 0 bridgehead atoms. The van der Waals surface area contributed by atoms with Crippen LogP contribution < -0.4 is 10.6 Å². The number of nitrogens with one attached hydrogen (secondary N) is 3. The average Bonchev–Trinajstić information content (AvgIpc) is 3.09. The SMILES string of the molecule is CS(=O)(=O)c1ccc(NC(=O)c2[nH]ncc2NC(=O)c2c(Cl)cccc2Cl)cc1. The summed E-state index contributed by atoms with van der Waals surface area (Å²) in [7, 11) is -3.34. The quantitative estimate of drug-likeness (QED) is 0.545. The molecule has 29 heavy (non-hydrogen) atoms. The molecule has 3 N–H and O–H groups in total. The number of aromatic amines is 1. The number of sulfone groups is 1. The molecule has 0 fully saturated rings. The van der Waals surface area contributed by atoms with Gasteiger partial charge in [0.2, 0.25) is 0 Å². The van der Waals surface area contributed by atoms with Gasteiger partial charge in [0.1, 0.15) is 5.69 Å². The molecule has 0 atom stereocenters. The largest absolute Gasteiger partial charge is 0.321 e. The van der Waals surface area contributed by atoms with Crippen LogP contribution in [0.15, 0.2) is 53.6 Å². The van der Waals surface area contributed by atoms with Crippen LogP contribution in [0.2, 0.25) is 10.0 Å². The van der Waals surface area contributed by atoms with E-state index in [9.17, 15) is 18.0 Å². The minimum atomic E-state index is -3.34. The van der Waals surface area contributed by atoms with Crippen LogP contribution in [0.4, 0.5) is 11.4 Å². The van der Waals surface area contributed by atoms with E-state index in [4.69, 9.17) is 23.2 Å². The number of carbonyl (C=O) groups excluding carboxylic acids is 2. The maximum absolute atomic E-state index is 12.5. The molecule has 0 unspecified atom stereocenters. The molecular formula is C18H14Cl2N4O4S. The summed E-state index contributed by atoms with van der Waals surface area (Å²) >= 11 is 12.1. The van der Waals surface area contributed by atoms with Gasteiger partial charge in [0.25, 0.3) is 11.8 Å². The molecule has 11 heteroatoms. The van der Waals surface area contributed by atoms with Crippen LogP contribution in [0.1, 0.15) is 20.8 Å². The summed E-state index contributed by atoms with van der Waals surface area (Å²) in [5.74, 6) is -1.19. The van der Waals surface area contributed by atoms with Crippen molar-refractivity contribution in [1.82, 2.24) is 10.2 Å². The molecular weight excluding hydrogens is 439 g/mol. The van der Waals surface area contributed by atoms with Crippen LogP contribution >= 0.6 is 23.2 Å². The van der Waals surface area contributed by atoms with Crippen LogP contribution in [-0.2, 0) is 9.84 Å². The highest BCUT2D eigenvalue weighted by Crippen LogP contribution is 2.26. The third-order valence-electron chi connectivity index (χ3n) is 3.84. The third-order valence-corrected chi connectivity index (χ3v) is 5.60. The molecule has 2 amide bonds. The molecule has 0 aliphatic rings. The zero-order chi connectivity index (χ0) is 21.2. The van der Waals surface area contributed by atoms with Gasteiger partial charge in [0.15, 0.2) is 9.84 Å². The summed E-state index contributed by atoms with van der Waals surface area (Å²) in [4.78, 5) is 25.2. The van der Waals surface area contributed by atoms with Crippen LogP contribution in [0, 0.1) is 0 Å². The summed E-state index contributed by atoms with van der Waals surface area (Å²) < 4.78 is 23.0. The molecule has 0 spiro atoms. The lowest BCUT2D eigenvalue weighted by atomic mass is 10.2. The van der Waals surface area contributed by atoms with Crippen molar-refractivity contribution in [3.8, 4) is 0 Å². The van der Waals surface area contributed by atoms with Gasteiger partial charge in [-0.05, 0) is 36.4 Å². The number of halogens is 2. The first kappa shape index (κ1) is 20.8. The van der Waals surface area contributed by atoms with Crippen LogP contribution in [-0.4, -0.2) is 36.7 Å². The molecule has 0 aliphatic carbocycles. The predicted octanol–water partition coefficient (Wildman–Crippen LogP) is 3.62. The normalized spacial score (nSPS) is 11.1. The van der Waals surface area contributed by atoms with Gasteiger partial charge in [-0.3, -0.25) is 14.7 Å². The fourth-order valence-corrected chi connectivity index (χ4v) is 3.63. The average molecular weight is 453 g/mol. The van der Waals surface area contributed by atoms with Crippen molar-refractivity contribution >= 4 is 56.2 Å². The van der Waals surface area contributed by atoms with E-state index in [0.717, 1.165) is 6.26 Å². The Morgan fingerprint density at radius 2 is 1.59 bits per heavy atom. The first-order valence-corrected chi connectivity index (χ1v) is 10.7. The van der Waals surface area contributed by atoms with E-state index in [0.29, 0.717) is 5.69 Å². The molecule has 3 aromatic rings. The standard InChI is InChI=1S/C18H14Cl2N4O4S/c1-29(27,28)11-7-5-10(6-8-11)22-18(26)16-14(9-21-24-16)23-17(25)15-12(19)3-2-4-13(15)20/h2-9H,1H3,(H,21,24)(H,22,26)(H,23,25). The fraction of sp³-hybridized carbons (Fsp3) is 0.0556. The van der Waals surface area contributed by atoms with Gasteiger partial charge in [0, 0.05) is 11.9 Å². The van der Waals surface area contributed by atoms with Gasteiger partial charge in [-0.2, -0.15) is 5.10 Å². The number of aromatic nitrogens is 2. The first-order valence-electron chi connectivity index (χ1n) is 8.07. The van der Waals surface area contributed by atoms with Crippen molar-refractivity contribution in [3.63, 3.8) is 0 Å². The van der Waals surface area contributed by atoms with Gasteiger partial charge in [-0.15, -0.1) is 0 Å². The van der Waals surface area contributed by atoms with Crippen molar-refractivity contribution in [2.75, 3.05) is 16.9 Å². The lowest BCUT2D eigenvalue weighted by Crippen LogP contribution is -2.18.